The largest absolute Gasteiger partial charge is 0.338 e. The Hall–Kier alpha value is -2.24. The Bertz CT molecular complexity index is 737. The summed E-state index contributed by atoms with van der Waals surface area (Å²) in [5.41, 5.74) is 2.12. The second-order valence-electron chi connectivity index (χ2n) is 7.35. The van der Waals surface area contributed by atoms with Crippen LogP contribution in [0.15, 0.2) is 24.3 Å². The van der Waals surface area contributed by atoms with E-state index in [-0.39, 0.29) is 12.5 Å². The van der Waals surface area contributed by atoms with Gasteiger partial charge in [-0.2, -0.15) is 4.80 Å². The van der Waals surface area contributed by atoms with Gasteiger partial charge < -0.3 is 4.90 Å². The van der Waals surface area contributed by atoms with Crippen LogP contribution in [0.5, 0.6) is 0 Å². The number of nitrogens with zero attached hydrogens (tertiary/aromatic N) is 5. The van der Waals surface area contributed by atoms with E-state index in [9.17, 15) is 4.79 Å². The molecule has 6 heteroatoms. The summed E-state index contributed by atoms with van der Waals surface area (Å²) in [4.78, 5) is 16.3. The molecule has 25 heavy (non-hydrogen) atoms. The lowest BCUT2D eigenvalue weighted by Crippen LogP contribution is -2.50. The van der Waals surface area contributed by atoms with Crippen LogP contribution in [0, 0.1) is 12.8 Å². The molecule has 0 N–H and O–H groups in total. The molecule has 2 atom stereocenters. The average Bonchev–Trinajstić information content (AvgIpc) is 3.10. The van der Waals surface area contributed by atoms with Crippen molar-refractivity contribution in [3.8, 4) is 11.4 Å². The van der Waals surface area contributed by atoms with Gasteiger partial charge in [0.15, 0.2) is 0 Å². The van der Waals surface area contributed by atoms with Gasteiger partial charge in [-0.15, -0.1) is 10.2 Å². The number of tetrazole rings is 1. The number of benzene rings is 1. The maximum Gasteiger partial charge on any atom is 0.246 e. The number of aromatic nitrogens is 4. The van der Waals surface area contributed by atoms with Crippen LogP contribution < -0.4 is 0 Å². The number of carbonyl (C=O) groups is 1. The molecule has 0 radical (unpaired) electrons. The SMILES string of the molecule is Cc1ccc(-c2nnn(CC(=O)N3CCC[C@@H]4CCCC[C@H]43)n2)cc1. The Morgan fingerprint density at radius 1 is 1.12 bits per heavy atom. The second-order valence-corrected chi connectivity index (χ2v) is 7.35. The molecule has 1 amide bonds. The number of likely N-dealkylation sites (tertiary alicyclic amines) is 1. The quantitative estimate of drug-likeness (QED) is 0.862. The highest BCUT2D eigenvalue weighted by molar-refractivity contribution is 5.76. The van der Waals surface area contributed by atoms with E-state index in [2.05, 4.69) is 20.3 Å². The van der Waals surface area contributed by atoms with Crippen molar-refractivity contribution in [2.24, 2.45) is 5.92 Å². The molecule has 4 rings (SSSR count). The molecule has 2 aromatic rings. The van der Waals surface area contributed by atoms with Crippen molar-refractivity contribution < 1.29 is 4.79 Å². The summed E-state index contributed by atoms with van der Waals surface area (Å²) < 4.78 is 0. The van der Waals surface area contributed by atoms with Crippen LogP contribution in [-0.4, -0.2) is 43.6 Å². The molecule has 1 aromatic heterocycles. The lowest BCUT2D eigenvalue weighted by Gasteiger charge is -2.44. The summed E-state index contributed by atoms with van der Waals surface area (Å²) in [6, 6.07) is 8.44. The zero-order chi connectivity index (χ0) is 17.2. The third-order valence-corrected chi connectivity index (χ3v) is 5.60. The average molecular weight is 339 g/mol. The standard InChI is InChI=1S/C19H25N5O/c1-14-8-10-16(11-9-14)19-20-22-24(21-19)13-18(25)23-12-4-6-15-5-2-3-7-17(15)23/h8-11,15,17H,2-7,12-13H2,1H3/t15-,17+/m0/s1. The summed E-state index contributed by atoms with van der Waals surface area (Å²) in [6.45, 7) is 3.10. The van der Waals surface area contributed by atoms with E-state index in [4.69, 9.17) is 0 Å². The van der Waals surface area contributed by atoms with E-state index in [0.29, 0.717) is 17.8 Å². The van der Waals surface area contributed by atoms with Gasteiger partial charge in [0.05, 0.1) is 0 Å². The summed E-state index contributed by atoms with van der Waals surface area (Å²) in [5.74, 6) is 1.39. The zero-order valence-corrected chi connectivity index (χ0v) is 14.8. The molecule has 1 saturated carbocycles. The Morgan fingerprint density at radius 2 is 1.88 bits per heavy atom. The predicted octanol–water partition coefficient (Wildman–Crippen LogP) is 2.83. The van der Waals surface area contributed by atoms with Crippen molar-refractivity contribution in [3.63, 3.8) is 0 Å². The lowest BCUT2D eigenvalue weighted by molar-refractivity contribution is -0.138. The summed E-state index contributed by atoms with van der Waals surface area (Å²) in [7, 11) is 0. The fraction of sp³-hybridized carbons (Fsp3) is 0.579. The first kappa shape index (κ1) is 16.2. The number of hydrogen-bond acceptors (Lipinski definition) is 4. The van der Waals surface area contributed by atoms with Crippen LogP contribution in [0.4, 0.5) is 0 Å². The maximum atomic E-state index is 12.8. The third-order valence-electron chi connectivity index (χ3n) is 5.60. The van der Waals surface area contributed by atoms with E-state index in [1.807, 2.05) is 31.2 Å². The van der Waals surface area contributed by atoms with Crippen LogP contribution in [-0.2, 0) is 11.3 Å². The molecule has 132 valence electrons. The Balaban J connectivity index is 1.45. The molecule has 1 aliphatic carbocycles. The Labute approximate surface area is 148 Å². The molecule has 1 saturated heterocycles. The molecule has 1 aromatic carbocycles. The number of amides is 1. The van der Waals surface area contributed by atoms with E-state index < -0.39 is 0 Å². The number of piperidine rings is 1. The fourth-order valence-electron chi connectivity index (χ4n) is 4.27. The highest BCUT2D eigenvalue weighted by Crippen LogP contribution is 2.35. The van der Waals surface area contributed by atoms with Gasteiger partial charge in [-0.05, 0) is 43.7 Å². The molecule has 2 aliphatic rings. The van der Waals surface area contributed by atoms with Crippen LogP contribution in [0.2, 0.25) is 0 Å². The van der Waals surface area contributed by atoms with Crippen molar-refractivity contribution in [2.75, 3.05) is 6.54 Å². The van der Waals surface area contributed by atoms with Gasteiger partial charge in [-0.25, -0.2) is 0 Å². The summed E-state index contributed by atoms with van der Waals surface area (Å²) >= 11 is 0. The number of fused-ring (bicyclic) bond motifs is 1. The minimum Gasteiger partial charge on any atom is -0.338 e. The highest BCUT2D eigenvalue weighted by atomic mass is 16.2. The number of hydrogen-bond donors (Lipinski definition) is 0. The highest BCUT2D eigenvalue weighted by Gasteiger charge is 2.35. The summed E-state index contributed by atoms with van der Waals surface area (Å²) in [6.07, 6.45) is 7.36. The predicted molar refractivity (Wildman–Crippen MR) is 94.7 cm³/mol. The molecule has 1 aliphatic heterocycles. The minimum atomic E-state index is 0.129. The zero-order valence-electron chi connectivity index (χ0n) is 14.8. The molecule has 0 bridgehead atoms. The molecular weight excluding hydrogens is 314 g/mol. The first-order chi connectivity index (χ1) is 12.2. The monoisotopic (exact) mass is 339 g/mol. The molecule has 0 spiro atoms. The lowest BCUT2D eigenvalue weighted by atomic mass is 9.78. The number of aryl methyl sites for hydroxylation is 1. The van der Waals surface area contributed by atoms with E-state index in [1.165, 1.54) is 36.0 Å². The smallest absolute Gasteiger partial charge is 0.246 e. The first-order valence-electron chi connectivity index (χ1n) is 9.35. The van der Waals surface area contributed by atoms with Crippen LogP contribution >= 0.6 is 0 Å². The molecule has 2 fully saturated rings. The van der Waals surface area contributed by atoms with E-state index in [1.54, 1.807) is 0 Å². The van der Waals surface area contributed by atoms with Crippen LogP contribution in [0.1, 0.15) is 44.1 Å². The van der Waals surface area contributed by atoms with Gasteiger partial charge in [-0.3, -0.25) is 4.79 Å². The normalized spacial score (nSPS) is 23.3. The Kier molecular flexibility index (Phi) is 4.51. The van der Waals surface area contributed by atoms with Gasteiger partial charge in [0.2, 0.25) is 11.7 Å². The van der Waals surface area contributed by atoms with Crippen molar-refractivity contribution in [3.05, 3.63) is 29.8 Å². The topological polar surface area (TPSA) is 63.9 Å². The Morgan fingerprint density at radius 3 is 2.72 bits per heavy atom. The maximum absolute atomic E-state index is 12.8. The molecule has 2 heterocycles. The molecular formula is C19H25N5O. The fourth-order valence-corrected chi connectivity index (χ4v) is 4.27. The minimum absolute atomic E-state index is 0.129. The van der Waals surface area contributed by atoms with Gasteiger partial charge in [0.1, 0.15) is 6.54 Å². The van der Waals surface area contributed by atoms with E-state index in [0.717, 1.165) is 24.9 Å². The third kappa shape index (κ3) is 3.43. The van der Waals surface area contributed by atoms with E-state index >= 15 is 0 Å². The van der Waals surface area contributed by atoms with Crippen molar-refractivity contribution >= 4 is 5.91 Å². The van der Waals surface area contributed by atoms with Gasteiger partial charge in [0.25, 0.3) is 0 Å². The molecule has 6 nitrogen and oxygen atoms in total. The van der Waals surface area contributed by atoms with Crippen LogP contribution in [0.25, 0.3) is 11.4 Å². The van der Waals surface area contributed by atoms with Gasteiger partial charge >= 0.3 is 0 Å². The van der Waals surface area contributed by atoms with Crippen molar-refractivity contribution in [2.45, 2.75) is 58.0 Å². The number of rotatable bonds is 3. The molecule has 0 unspecified atom stereocenters. The second kappa shape index (κ2) is 6.94. The van der Waals surface area contributed by atoms with Gasteiger partial charge in [0, 0.05) is 18.2 Å². The number of carbonyl (C=O) groups excluding carboxylic acids is 1. The van der Waals surface area contributed by atoms with Gasteiger partial charge in [-0.1, -0.05) is 42.7 Å². The van der Waals surface area contributed by atoms with Crippen molar-refractivity contribution in [1.29, 1.82) is 0 Å². The summed E-state index contributed by atoms with van der Waals surface area (Å²) in [5, 5.41) is 12.6. The first-order valence-corrected chi connectivity index (χ1v) is 9.35. The van der Waals surface area contributed by atoms with Crippen LogP contribution in [0.3, 0.4) is 0 Å². The van der Waals surface area contributed by atoms with Crippen molar-refractivity contribution in [1.82, 2.24) is 25.1 Å².